The smallest absolute Gasteiger partial charge is 0.254 e. The highest BCUT2D eigenvalue weighted by atomic mass is 35.5. The summed E-state index contributed by atoms with van der Waals surface area (Å²) in [4.78, 5) is 14.7. The van der Waals surface area contributed by atoms with Gasteiger partial charge in [-0.15, -0.1) is 0 Å². The van der Waals surface area contributed by atoms with Crippen LogP contribution in [0.5, 0.6) is 0 Å². The summed E-state index contributed by atoms with van der Waals surface area (Å²) in [6.45, 7) is 1.29. The van der Waals surface area contributed by atoms with Crippen molar-refractivity contribution >= 4 is 17.5 Å². The predicted octanol–water partition coefficient (Wildman–Crippen LogP) is 3.78. The lowest BCUT2D eigenvalue weighted by atomic mass is 10.0. The number of carbonyl (C=O) groups is 1. The van der Waals surface area contributed by atoms with Crippen LogP contribution in [0.2, 0.25) is 5.02 Å². The summed E-state index contributed by atoms with van der Waals surface area (Å²) in [6, 6.07) is 15.5. The van der Waals surface area contributed by atoms with Crippen LogP contribution in [0.15, 0.2) is 48.5 Å². The molecule has 3 rings (SSSR count). The van der Waals surface area contributed by atoms with Crippen molar-refractivity contribution in [3.8, 4) is 0 Å². The van der Waals surface area contributed by atoms with Gasteiger partial charge in [-0.2, -0.15) is 0 Å². The van der Waals surface area contributed by atoms with Gasteiger partial charge in [-0.25, -0.2) is 0 Å². The van der Waals surface area contributed by atoms with E-state index in [1.54, 1.807) is 0 Å². The molecule has 0 saturated carbocycles. The van der Waals surface area contributed by atoms with Crippen molar-refractivity contribution in [3.05, 3.63) is 70.2 Å². The summed E-state index contributed by atoms with van der Waals surface area (Å²) >= 11 is 5.95. The number of nitrogens with two attached hydrogens (primary N) is 1. The van der Waals surface area contributed by atoms with Gasteiger partial charge in [-0.05, 0) is 48.2 Å². The van der Waals surface area contributed by atoms with E-state index in [0.29, 0.717) is 6.54 Å². The van der Waals surface area contributed by atoms with Crippen molar-refractivity contribution in [1.82, 2.24) is 4.90 Å². The molecule has 22 heavy (non-hydrogen) atoms. The maximum atomic E-state index is 12.8. The van der Waals surface area contributed by atoms with Gasteiger partial charge in [0.15, 0.2) is 0 Å². The molecule has 0 spiro atoms. The molecule has 2 aromatic rings. The molecule has 3 nitrogen and oxygen atoms in total. The van der Waals surface area contributed by atoms with E-state index in [1.807, 2.05) is 53.4 Å². The molecule has 114 valence electrons. The molecular formula is C18H19ClN2O. The minimum atomic E-state index is 0.0843. The fraction of sp³-hybridized carbons (Fsp3) is 0.278. The lowest BCUT2D eigenvalue weighted by Gasteiger charge is -2.25. The number of nitrogens with zero attached hydrogens (tertiary/aromatic N) is 1. The minimum absolute atomic E-state index is 0.0843. The first kappa shape index (κ1) is 15.1. The Balaban J connectivity index is 1.82. The molecule has 1 aliphatic heterocycles. The maximum absolute atomic E-state index is 12.8. The van der Waals surface area contributed by atoms with Gasteiger partial charge in [0, 0.05) is 23.7 Å². The zero-order valence-corrected chi connectivity index (χ0v) is 13.1. The molecule has 1 saturated heterocycles. The fourth-order valence-electron chi connectivity index (χ4n) is 2.99. The quantitative estimate of drug-likeness (QED) is 0.937. The van der Waals surface area contributed by atoms with Crippen LogP contribution in [0.4, 0.5) is 0 Å². The number of rotatable bonds is 3. The molecule has 0 bridgehead atoms. The number of hydrogen-bond acceptors (Lipinski definition) is 2. The number of benzene rings is 2. The molecule has 1 heterocycles. The van der Waals surface area contributed by atoms with Crippen molar-refractivity contribution in [2.45, 2.75) is 25.4 Å². The first-order valence-corrected chi connectivity index (χ1v) is 7.92. The average molecular weight is 315 g/mol. The number of likely N-dealkylation sites (tertiary alicyclic amines) is 1. The summed E-state index contributed by atoms with van der Waals surface area (Å²) in [5.41, 5.74) is 8.50. The summed E-state index contributed by atoms with van der Waals surface area (Å²) in [5.74, 6) is 0.0843. The first-order valence-electron chi connectivity index (χ1n) is 7.54. The van der Waals surface area contributed by atoms with Crippen LogP contribution < -0.4 is 5.73 Å². The third-order valence-electron chi connectivity index (χ3n) is 4.21. The Morgan fingerprint density at radius 1 is 1.14 bits per heavy atom. The standard InChI is InChI=1S/C18H19ClN2O/c19-16-9-7-14(8-10-16)17-2-1-11-21(17)18(22)15-5-3-13(12-20)4-6-15/h3-10,17H,1-2,11-12,20H2. The van der Waals surface area contributed by atoms with E-state index in [9.17, 15) is 4.79 Å². The second kappa shape index (κ2) is 6.51. The van der Waals surface area contributed by atoms with Gasteiger partial charge in [0.2, 0.25) is 0 Å². The zero-order valence-electron chi connectivity index (χ0n) is 12.3. The maximum Gasteiger partial charge on any atom is 0.254 e. The van der Waals surface area contributed by atoms with Crippen LogP contribution in [0.25, 0.3) is 0 Å². The van der Waals surface area contributed by atoms with E-state index in [0.717, 1.165) is 41.1 Å². The van der Waals surface area contributed by atoms with Gasteiger partial charge in [0.1, 0.15) is 0 Å². The average Bonchev–Trinajstić information content (AvgIpc) is 3.04. The monoisotopic (exact) mass is 314 g/mol. The van der Waals surface area contributed by atoms with Crippen LogP contribution in [-0.2, 0) is 6.54 Å². The number of hydrogen-bond donors (Lipinski definition) is 1. The van der Waals surface area contributed by atoms with Crippen LogP contribution in [0.3, 0.4) is 0 Å². The fourth-order valence-corrected chi connectivity index (χ4v) is 3.12. The largest absolute Gasteiger partial charge is 0.332 e. The number of amides is 1. The Labute approximate surface area is 135 Å². The molecule has 2 aromatic carbocycles. The molecule has 0 radical (unpaired) electrons. The second-order valence-corrected chi connectivity index (χ2v) is 6.05. The molecule has 0 aromatic heterocycles. The second-order valence-electron chi connectivity index (χ2n) is 5.61. The van der Waals surface area contributed by atoms with Crippen molar-refractivity contribution < 1.29 is 4.79 Å². The molecular weight excluding hydrogens is 296 g/mol. The minimum Gasteiger partial charge on any atom is -0.332 e. The van der Waals surface area contributed by atoms with Crippen molar-refractivity contribution in [2.24, 2.45) is 5.73 Å². The molecule has 1 amide bonds. The molecule has 1 atom stereocenters. The third kappa shape index (κ3) is 3.01. The van der Waals surface area contributed by atoms with Gasteiger partial charge in [0.05, 0.1) is 6.04 Å². The summed E-state index contributed by atoms with van der Waals surface area (Å²) in [5, 5.41) is 0.719. The van der Waals surface area contributed by atoms with Gasteiger partial charge >= 0.3 is 0 Å². The summed E-state index contributed by atoms with van der Waals surface area (Å²) in [6.07, 6.45) is 2.02. The molecule has 4 heteroatoms. The van der Waals surface area contributed by atoms with E-state index >= 15 is 0 Å². The highest BCUT2D eigenvalue weighted by molar-refractivity contribution is 6.30. The number of carbonyl (C=O) groups excluding carboxylic acids is 1. The Bertz CT molecular complexity index is 652. The highest BCUT2D eigenvalue weighted by Gasteiger charge is 2.30. The Morgan fingerprint density at radius 2 is 1.82 bits per heavy atom. The first-order chi connectivity index (χ1) is 10.7. The van der Waals surface area contributed by atoms with Crippen LogP contribution in [0, 0.1) is 0 Å². The third-order valence-corrected chi connectivity index (χ3v) is 4.46. The van der Waals surface area contributed by atoms with Gasteiger partial charge in [-0.1, -0.05) is 35.9 Å². The van der Waals surface area contributed by atoms with E-state index < -0.39 is 0 Å². The summed E-state index contributed by atoms with van der Waals surface area (Å²) < 4.78 is 0. The van der Waals surface area contributed by atoms with Gasteiger partial charge < -0.3 is 10.6 Å². The number of halogens is 1. The lowest BCUT2D eigenvalue weighted by Crippen LogP contribution is -2.30. The Kier molecular flexibility index (Phi) is 4.46. The highest BCUT2D eigenvalue weighted by Crippen LogP contribution is 2.33. The van der Waals surface area contributed by atoms with Crippen LogP contribution >= 0.6 is 11.6 Å². The lowest BCUT2D eigenvalue weighted by molar-refractivity contribution is 0.0735. The van der Waals surface area contributed by atoms with E-state index in [-0.39, 0.29) is 11.9 Å². The van der Waals surface area contributed by atoms with Crippen molar-refractivity contribution in [1.29, 1.82) is 0 Å². The molecule has 0 aliphatic carbocycles. The predicted molar refractivity (Wildman–Crippen MR) is 88.8 cm³/mol. The summed E-state index contributed by atoms with van der Waals surface area (Å²) in [7, 11) is 0. The Morgan fingerprint density at radius 3 is 2.45 bits per heavy atom. The topological polar surface area (TPSA) is 46.3 Å². The van der Waals surface area contributed by atoms with Crippen LogP contribution in [-0.4, -0.2) is 17.4 Å². The molecule has 1 fully saturated rings. The van der Waals surface area contributed by atoms with E-state index in [4.69, 9.17) is 17.3 Å². The van der Waals surface area contributed by atoms with Gasteiger partial charge in [-0.3, -0.25) is 4.79 Å². The molecule has 1 unspecified atom stereocenters. The van der Waals surface area contributed by atoms with Gasteiger partial charge in [0.25, 0.3) is 5.91 Å². The Hall–Kier alpha value is -1.84. The molecule has 2 N–H and O–H groups in total. The van der Waals surface area contributed by atoms with Crippen molar-refractivity contribution in [3.63, 3.8) is 0 Å². The van der Waals surface area contributed by atoms with E-state index in [2.05, 4.69) is 0 Å². The normalized spacial score (nSPS) is 17.7. The zero-order chi connectivity index (χ0) is 15.5. The van der Waals surface area contributed by atoms with Crippen molar-refractivity contribution in [2.75, 3.05) is 6.54 Å². The SMILES string of the molecule is NCc1ccc(C(=O)N2CCCC2c2ccc(Cl)cc2)cc1. The molecule has 1 aliphatic rings. The van der Waals surface area contributed by atoms with Crippen LogP contribution in [0.1, 0.15) is 40.4 Å². The van der Waals surface area contributed by atoms with E-state index in [1.165, 1.54) is 0 Å².